The molecular weight excluding hydrogens is 388 g/mol. The van der Waals surface area contributed by atoms with Crippen molar-refractivity contribution in [1.29, 1.82) is 0 Å². The number of carbonyl (C=O) groups excluding carboxylic acids is 1. The minimum Gasteiger partial charge on any atom is -0.365 e. The van der Waals surface area contributed by atoms with Gasteiger partial charge in [0.15, 0.2) is 0 Å². The highest BCUT2D eigenvalue weighted by Crippen LogP contribution is 2.36. The summed E-state index contributed by atoms with van der Waals surface area (Å²) in [7, 11) is 0. The Balaban J connectivity index is 1.37. The topological polar surface area (TPSA) is 32.3 Å². The number of aryl methyl sites for hydroxylation is 1. The van der Waals surface area contributed by atoms with Crippen LogP contribution in [0.1, 0.15) is 45.9 Å². The average molecular weight is 415 g/mol. The first-order valence-corrected chi connectivity index (χ1v) is 11.7. The maximum absolute atomic E-state index is 13.1. The number of nitrogens with one attached hydrogen (secondary N) is 1. The molecule has 30 heavy (non-hydrogen) atoms. The maximum atomic E-state index is 13.1. The largest absolute Gasteiger partial charge is 0.365 e. The fourth-order valence-corrected chi connectivity index (χ4v) is 5.56. The lowest BCUT2D eigenvalue weighted by Gasteiger charge is -2.31. The van der Waals surface area contributed by atoms with Crippen LogP contribution in [0, 0.1) is 0 Å². The predicted octanol–water partition coefficient (Wildman–Crippen LogP) is 5.61. The lowest BCUT2D eigenvalue weighted by atomic mass is 9.87. The number of hydrogen-bond donors (Lipinski definition) is 1. The van der Waals surface area contributed by atoms with E-state index in [4.69, 9.17) is 0 Å². The third-order valence-corrected chi connectivity index (χ3v) is 7.11. The molecule has 1 aliphatic heterocycles. The Bertz CT molecular complexity index is 1050. The van der Waals surface area contributed by atoms with E-state index in [0.29, 0.717) is 0 Å². The molecule has 0 fully saturated rings. The second-order valence-corrected chi connectivity index (χ2v) is 9.19. The van der Waals surface area contributed by atoms with Crippen molar-refractivity contribution in [2.45, 2.75) is 36.7 Å². The van der Waals surface area contributed by atoms with Gasteiger partial charge >= 0.3 is 0 Å². The Morgan fingerprint density at radius 2 is 1.87 bits per heavy atom. The quantitative estimate of drug-likeness (QED) is 0.603. The summed E-state index contributed by atoms with van der Waals surface area (Å²) in [4.78, 5) is 16.8. The Morgan fingerprint density at radius 3 is 2.77 bits per heavy atom. The second-order valence-electron chi connectivity index (χ2n) is 8.06. The molecule has 0 bridgehead atoms. The first-order chi connectivity index (χ1) is 14.8. The smallest absolute Gasteiger partial charge is 0.251 e. The summed E-state index contributed by atoms with van der Waals surface area (Å²) < 4.78 is 0. The lowest BCUT2D eigenvalue weighted by molar-refractivity contribution is 0.0932. The third kappa shape index (κ3) is 3.97. The number of carbonyl (C=O) groups is 1. The van der Waals surface area contributed by atoms with Gasteiger partial charge in [0.1, 0.15) is 0 Å². The van der Waals surface area contributed by atoms with E-state index in [2.05, 4.69) is 76.9 Å². The zero-order valence-corrected chi connectivity index (χ0v) is 17.8. The van der Waals surface area contributed by atoms with Crippen LogP contribution in [0.3, 0.4) is 0 Å². The van der Waals surface area contributed by atoms with Gasteiger partial charge in [-0.2, -0.15) is 0 Å². The van der Waals surface area contributed by atoms with Gasteiger partial charge in [0.25, 0.3) is 5.91 Å². The number of anilines is 1. The van der Waals surface area contributed by atoms with E-state index >= 15 is 0 Å². The molecule has 152 valence electrons. The summed E-state index contributed by atoms with van der Waals surface area (Å²) >= 11 is 1.88. The van der Waals surface area contributed by atoms with Crippen LogP contribution in [0.2, 0.25) is 0 Å². The van der Waals surface area contributed by atoms with E-state index in [1.54, 1.807) is 0 Å². The summed E-state index contributed by atoms with van der Waals surface area (Å²) in [6, 6.07) is 25.3. The summed E-state index contributed by atoms with van der Waals surface area (Å²) in [6.45, 7) is 1.86. The first-order valence-electron chi connectivity index (χ1n) is 10.7. The van der Waals surface area contributed by atoms with Gasteiger partial charge in [0.05, 0.1) is 11.7 Å². The zero-order valence-electron chi connectivity index (χ0n) is 17.0. The van der Waals surface area contributed by atoms with E-state index in [1.165, 1.54) is 27.3 Å². The monoisotopic (exact) mass is 414 g/mol. The molecule has 3 nitrogen and oxygen atoms in total. The van der Waals surface area contributed by atoms with Gasteiger partial charge in [0.2, 0.25) is 0 Å². The predicted molar refractivity (Wildman–Crippen MR) is 124 cm³/mol. The Morgan fingerprint density at radius 1 is 1.03 bits per heavy atom. The molecule has 0 saturated carbocycles. The number of thioether (sulfide) groups is 1. The van der Waals surface area contributed by atoms with Crippen LogP contribution in [0.15, 0.2) is 77.7 Å². The normalized spacial score (nSPS) is 17.7. The van der Waals surface area contributed by atoms with Crippen molar-refractivity contribution in [3.8, 4) is 0 Å². The molecule has 4 heteroatoms. The molecule has 1 amide bonds. The molecule has 1 heterocycles. The van der Waals surface area contributed by atoms with Gasteiger partial charge in [-0.05, 0) is 54.2 Å². The fourth-order valence-electron chi connectivity index (χ4n) is 4.53. The minimum atomic E-state index is 0.0229. The number of rotatable bonds is 4. The van der Waals surface area contributed by atoms with Crippen molar-refractivity contribution in [2.75, 3.05) is 17.2 Å². The van der Waals surface area contributed by atoms with Crippen molar-refractivity contribution in [3.05, 3.63) is 95.1 Å². The maximum Gasteiger partial charge on any atom is 0.251 e. The van der Waals surface area contributed by atoms with Gasteiger partial charge in [0, 0.05) is 29.3 Å². The molecule has 3 aromatic rings. The number of amides is 1. The van der Waals surface area contributed by atoms with Crippen molar-refractivity contribution in [1.82, 2.24) is 5.32 Å². The van der Waals surface area contributed by atoms with E-state index in [9.17, 15) is 4.79 Å². The Hall–Kier alpha value is -2.72. The lowest BCUT2D eigenvalue weighted by Crippen LogP contribution is -2.32. The van der Waals surface area contributed by atoms with Crippen LogP contribution in [-0.4, -0.2) is 18.2 Å². The van der Waals surface area contributed by atoms with Crippen molar-refractivity contribution in [3.63, 3.8) is 0 Å². The van der Waals surface area contributed by atoms with Crippen LogP contribution < -0.4 is 10.2 Å². The molecule has 0 saturated heterocycles. The molecule has 1 N–H and O–H groups in total. The standard InChI is InChI=1S/C26H26N2OS/c29-26(27-23-12-6-10-20-9-4-5-11-22(20)23)21-13-14-25-24(17-21)28(15-16-30-25)18-19-7-2-1-3-8-19/h1-5,7-9,11,13-14,17,23H,6,10,12,15-16,18H2,(H,27,29)/t23-/m1/s1. The highest BCUT2D eigenvalue weighted by Gasteiger charge is 2.24. The van der Waals surface area contributed by atoms with Gasteiger partial charge in [-0.1, -0.05) is 54.6 Å². The molecule has 1 aliphatic carbocycles. The number of fused-ring (bicyclic) bond motifs is 2. The van der Waals surface area contributed by atoms with Crippen LogP contribution in [-0.2, 0) is 13.0 Å². The fraction of sp³-hybridized carbons (Fsp3) is 0.269. The van der Waals surface area contributed by atoms with E-state index < -0.39 is 0 Å². The summed E-state index contributed by atoms with van der Waals surface area (Å²) in [5, 5.41) is 3.30. The van der Waals surface area contributed by atoms with Crippen molar-refractivity contribution >= 4 is 23.4 Å². The number of benzene rings is 3. The molecule has 0 aromatic heterocycles. The summed E-state index contributed by atoms with van der Waals surface area (Å²) in [6.07, 6.45) is 3.23. The van der Waals surface area contributed by atoms with Crippen LogP contribution >= 0.6 is 11.8 Å². The molecule has 3 aromatic carbocycles. The van der Waals surface area contributed by atoms with Gasteiger partial charge in [-0.15, -0.1) is 11.8 Å². The molecule has 1 atom stereocenters. The molecule has 0 radical (unpaired) electrons. The Labute approximate surface area is 182 Å². The molecule has 2 aliphatic rings. The first kappa shape index (κ1) is 19.3. The van der Waals surface area contributed by atoms with Crippen molar-refractivity contribution in [2.24, 2.45) is 0 Å². The van der Waals surface area contributed by atoms with Crippen molar-refractivity contribution < 1.29 is 4.79 Å². The van der Waals surface area contributed by atoms with E-state index in [0.717, 1.165) is 43.7 Å². The van der Waals surface area contributed by atoms with Crippen LogP contribution in [0.5, 0.6) is 0 Å². The van der Waals surface area contributed by atoms with E-state index in [-0.39, 0.29) is 11.9 Å². The third-order valence-electron chi connectivity index (χ3n) is 6.07. The highest BCUT2D eigenvalue weighted by molar-refractivity contribution is 7.99. The minimum absolute atomic E-state index is 0.0229. The zero-order chi connectivity index (χ0) is 20.3. The molecule has 0 spiro atoms. The van der Waals surface area contributed by atoms with Gasteiger partial charge < -0.3 is 10.2 Å². The van der Waals surface area contributed by atoms with Crippen LogP contribution in [0.4, 0.5) is 5.69 Å². The van der Waals surface area contributed by atoms with E-state index in [1.807, 2.05) is 17.8 Å². The summed E-state index contributed by atoms with van der Waals surface area (Å²) in [5.74, 6) is 1.10. The second kappa shape index (κ2) is 8.57. The molecular formula is C26H26N2OS. The molecule has 0 unspecified atom stereocenters. The molecule has 5 rings (SSSR count). The number of hydrogen-bond acceptors (Lipinski definition) is 3. The number of nitrogens with zero attached hydrogens (tertiary/aromatic N) is 1. The average Bonchev–Trinajstić information content (AvgIpc) is 2.80. The highest BCUT2D eigenvalue weighted by atomic mass is 32.2. The van der Waals surface area contributed by atoms with Gasteiger partial charge in [-0.25, -0.2) is 0 Å². The SMILES string of the molecule is O=C(N[C@@H]1CCCc2ccccc21)c1ccc2c(c1)N(Cc1ccccc1)CCS2. The Kier molecular flexibility index (Phi) is 5.50. The van der Waals surface area contributed by atoms with Crippen LogP contribution in [0.25, 0.3) is 0 Å². The summed E-state index contributed by atoms with van der Waals surface area (Å²) in [5.41, 5.74) is 5.86. The van der Waals surface area contributed by atoms with Gasteiger partial charge in [-0.3, -0.25) is 4.79 Å².